The van der Waals surface area contributed by atoms with E-state index in [4.69, 9.17) is 15.7 Å². The number of pyridine rings is 1. The highest BCUT2D eigenvalue weighted by molar-refractivity contribution is 5.94. The summed E-state index contributed by atoms with van der Waals surface area (Å²) in [6, 6.07) is 12.9. The standard InChI is InChI=1S/C15H13N3O2/c1-10-13(14(17)19)7-12(8-16)15(18-10)20-9-11-5-3-2-4-6-11/h2-7H,9H2,1H3,(H2,17,19). The number of amides is 1. The van der Waals surface area contributed by atoms with Gasteiger partial charge in [-0.1, -0.05) is 30.3 Å². The largest absolute Gasteiger partial charge is 0.472 e. The number of ether oxygens (including phenoxy) is 1. The number of nitriles is 1. The number of aryl methyl sites for hydroxylation is 1. The Balaban J connectivity index is 2.26. The van der Waals surface area contributed by atoms with E-state index in [-0.39, 0.29) is 17.0 Å². The predicted molar refractivity (Wildman–Crippen MR) is 73.0 cm³/mol. The zero-order chi connectivity index (χ0) is 14.5. The fourth-order valence-electron chi connectivity index (χ4n) is 1.75. The van der Waals surface area contributed by atoms with Crippen LogP contribution in [0.5, 0.6) is 5.88 Å². The van der Waals surface area contributed by atoms with Crippen molar-refractivity contribution in [1.29, 1.82) is 5.26 Å². The lowest BCUT2D eigenvalue weighted by molar-refractivity contribution is 0.0999. The minimum absolute atomic E-state index is 0.195. The van der Waals surface area contributed by atoms with Crippen molar-refractivity contribution in [2.45, 2.75) is 13.5 Å². The Kier molecular flexibility index (Phi) is 3.96. The van der Waals surface area contributed by atoms with E-state index in [0.29, 0.717) is 12.3 Å². The molecule has 100 valence electrons. The monoisotopic (exact) mass is 267 g/mol. The molecule has 0 unspecified atom stereocenters. The summed E-state index contributed by atoms with van der Waals surface area (Å²) < 4.78 is 5.54. The van der Waals surface area contributed by atoms with Crippen LogP contribution in [-0.4, -0.2) is 10.9 Å². The molecule has 1 aromatic carbocycles. The van der Waals surface area contributed by atoms with Crippen molar-refractivity contribution < 1.29 is 9.53 Å². The number of carbonyl (C=O) groups is 1. The van der Waals surface area contributed by atoms with Gasteiger partial charge < -0.3 is 10.5 Å². The number of nitrogens with zero attached hydrogens (tertiary/aromatic N) is 2. The first kappa shape index (κ1) is 13.6. The number of rotatable bonds is 4. The Labute approximate surface area is 116 Å². The van der Waals surface area contributed by atoms with Gasteiger partial charge in [0.05, 0.1) is 11.3 Å². The first-order valence-corrected chi connectivity index (χ1v) is 6.00. The third kappa shape index (κ3) is 2.93. The summed E-state index contributed by atoms with van der Waals surface area (Å²) >= 11 is 0. The number of hydrogen-bond acceptors (Lipinski definition) is 4. The lowest BCUT2D eigenvalue weighted by Crippen LogP contribution is -2.14. The van der Waals surface area contributed by atoms with Crippen LogP contribution in [0.1, 0.15) is 27.2 Å². The summed E-state index contributed by atoms with van der Waals surface area (Å²) in [5.41, 5.74) is 7.06. The van der Waals surface area contributed by atoms with Crippen molar-refractivity contribution in [2.24, 2.45) is 5.73 Å². The van der Waals surface area contributed by atoms with Gasteiger partial charge in [-0.2, -0.15) is 5.26 Å². The number of nitrogens with two attached hydrogens (primary N) is 1. The van der Waals surface area contributed by atoms with Crippen molar-refractivity contribution in [1.82, 2.24) is 4.98 Å². The van der Waals surface area contributed by atoms with Crippen molar-refractivity contribution >= 4 is 5.91 Å². The highest BCUT2D eigenvalue weighted by Gasteiger charge is 2.13. The van der Waals surface area contributed by atoms with Gasteiger partial charge in [0, 0.05) is 0 Å². The zero-order valence-corrected chi connectivity index (χ0v) is 11.0. The lowest BCUT2D eigenvalue weighted by atomic mass is 10.1. The lowest BCUT2D eigenvalue weighted by Gasteiger charge is -2.09. The molecule has 0 saturated heterocycles. The summed E-state index contributed by atoms with van der Waals surface area (Å²) in [7, 11) is 0. The SMILES string of the molecule is Cc1nc(OCc2ccccc2)c(C#N)cc1C(N)=O. The molecule has 0 aliphatic carbocycles. The van der Waals surface area contributed by atoms with E-state index in [2.05, 4.69) is 4.98 Å². The summed E-state index contributed by atoms with van der Waals surface area (Å²) in [6.45, 7) is 1.95. The minimum Gasteiger partial charge on any atom is -0.472 e. The second kappa shape index (κ2) is 5.85. The van der Waals surface area contributed by atoms with Crippen LogP contribution in [0.25, 0.3) is 0 Å². The second-order valence-electron chi connectivity index (χ2n) is 4.22. The van der Waals surface area contributed by atoms with Crippen LogP contribution >= 0.6 is 0 Å². The number of primary amides is 1. The molecule has 0 spiro atoms. The zero-order valence-electron chi connectivity index (χ0n) is 11.0. The Hall–Kier alpha value is -2.87. The van der Waals surface area contributed by atoms with Crippen LogP contribution in [0.3, 0.4) is 0 Å². The topological polar surface area (TPSA) is 89.0 Å². The molecule has 1 amide bonds. The fourth-order valence-corrected chi connectivity index (χ4v) is 1.75. The van der Waals surface area contributed by atoms with Gasteiger partial charge in [0.15, 0.2) is 0 Å². The third-order valence-electron chi connectivity index (χ3n) is 2.78. The summed E-state index contributed by atoms with van der Waals surface area (Å²) in [5.74, 6) is -0.403. The molecule has 1 aromatic heterocycles. The molecule has 0 aliphatic heterocycles. The molecule has 1 heterocycles. The molecule has 0 bridgehead atoms. The highest BCUT2D eigenvalue weighted by atomic mass is 16.5. The van der Waals surface area contributed by atoms with Gasteiger partial charge in [-0.25, -0.2) is 4.98 Å². The van der Waals surface area contributed by atoms with Gasteiger partial charge in [-0.05, 0) is 18.6 Å². The van der Waals surface area contributed by atoms with Crippen molar-refractivity contribution in [2.75, 3.05) is 0 Å². The van der Waals surface area contributed by atoms with Gasteiger partial charge >= 0.3 is 0 Å². The smallest absolute Gasteiger partial charge is 0.250 e. The Bertz CT molecular complexity index is 676. The molecule has 2 N–H and O–H groups in total. The predicted octanol–water partition coefficient (Wildman–Crippen LogP) is 1.94. The van der Waals surface area contributed by atoms with E-state index >= 15 is 0 Å². The average Bonchev–Trinajstić information content (AvgIpc) is 2.46. The summed E-state index contributed by atoms with van der Waals surface area (Å²) in [5, 5.41) is 9.09. The molecular weight excluding hydrogens is 254 g/mol. The van der Waals surface area contributed by atoms with Crippen molar-refractivity contribution in [3.05, 3.63) is 58.8 Å². The second-order valence-corrected chi connectivity index (χ2v) is 4.22. The van der Waals surface area contributed by atoms with Crippen LogP contribution in [0.2, 0.25) is 0 Å². The first-order chi connectivity index (χ1) is 9.61. The molecule has 0 atom stereocenters. The van der Waals surface area contributed by atoms with Crippen LogP contribution < -0.4 is 10.5 Å². The molecule has 2 rings (SSSR count). The fraction of sp³-hybridized carbons (Fsp3) is 0.133. The van der Waals surface area contributed by atoms with Crippen LogP contribution in [0.4, 0.5) is 0 Å². The Morgan fingerprint density at radius 1 is 1.40 bits per heavy atom. The van der Waals surface area contributed by atoms with Crippen molar-refractivity contribution in [3.63, 3.8) is 0 Å². The first-order valence-electron chi connectivity index (χ1n) is 6.00. The maximum atomic E-state index is 11.2. The minimum atomic E-state index is -0.610. The van der Waals surface area contributed by atoms with Crippen molar-refractivity contribution in [3.8, 4) is 11.9 Å². The Morgan fingerprint density at radius 3 is 2.70 bits per heavy atom. The van der Waals surface area contributed by atoms with Crippen LogP contribution in [0, 0.1) is 18.3 Å². The van der Waals surface area contributed by atoms with Gasteiger partial charge in [0.2, 0.25) is 5.88 Å². The van der Waals surface area contributed by atoms with E-state index in [0.717, 1.165) is 5.56 Å². The van der Waals surface area contributed by atoms with E-state index in [1.54, 1.807) is 6.92 Å². The molecule has 0 fully saturated rings. The number of carbonyl (C=O) groups excluding carboxylic acids is 1. The Morgan fingerprint density at radius 2 is 2.10 bits per heavy atom. The van der Waals surface area contributed by atoms with Crippen LogP contribution in [-0.2, 0) is 6.61 Å². The highest BCUT2D eigenvalue weighted by Crippen LogP contribution is 2.20. The molecule has 5 heteroatoms. The quantitative estimate of drug-likeness (QED) is 0.916. The summed E-state index contributed by atoms with van der Waals surface area (Å²) in [6.07, 6.45) is 0. The number of benzene rings is 1. The third-order valence-corrected chi connectivity index (χ3v) is 2.78. The maximum Gasteiger partial charge on any atom is 0.250 e. The van der Waals surface area contributed by atoms with Gasteiger partial charge in [0.1, 0.15) is 18.2 Å². The molecule has 0 saturated carbocycles. The van der Waals surface area contributed by atoms with Gasteiger partial charge in [0.25, 0.3) is 5.91 Å². The van der Waals surface area contributed by atoms with E-state index in [9.17, 15) is 4.79 Å². The molecular formula is C15H13N3O2. The molecule has 20 heavy (non-hydrogen) atoms. The molecule has 2 aromatic rings. The molecule has 0 aliphatic rings. The van der Waals surface area contributed by atoms with E-state index < -0.39 is 5.91 Å². The number of hydrogen-bond donors (Lipinski definition) is 1. The average molecular weight is 267 g/mol. The number of aromatic nitrogens is 1. The van der Waals surface area contributed by atoms with E-state index in [1.165, 1.54) is 6.07 Å². The molecule has 5 nitrogen and oxygen atoms in total. The van der Waals surface area contributed by atoms with E-state index in [1.807, 2.05) is 36.4 Å². The normalized spacial score (nSPS) is 9.80. The maximum absolute atomic E-state index is 11.2. The van der Waals surface area contributed by atoms with Gasteiger partial charge in [-0.15, -0.1) is 0 Å². The van der Waals surface area contributed by atoms with Gasteiger partial charge in [-0.3, -0.25) is 4.79 Å². The molecule has 0 radical (unpaired) electrons. The van der Waals surface area contributed by atoms with Crippen LogP contribution in [0.15, 0.2) is 36.4 Å². The summed E-state index contributed by atoms with van der Waals surface area (Å²) in [4.78, 5) is 15.3.